The summed E-state index contributed by atoms with van der Waals surface area (Å²) in [6.45, 7) is 4.25. The maximum atomic E-state index is 12.2. The molecule has 0 aliphatic heterocycles. The Kier molecular flexibility index (Phi) is 4.13. The molecule has 0 heterocycles. The van der Waals surface area contributed by atoms with Crippen molar-refractivity contribution in [1.29, 1.82) is 0 Å². The minimum absolute atomic E-state index is 0.110. The van der Waals surface area contributed by atoms with Crippen LogP contribution in [0.5, 0.6) is 0 Å². The Balaban J connectivity index is 1.94. The van der Waals surface area contributed by atoms with Gasteiger partial charge in [0.1, 0.15) is 0 Å². The van der Waals surface area contributed by atoms with E-state index in [1.165, 1.54) is 17.8 Å². The van der Waals surface area contributed by atoms with Gasteiger partial charge in [-0.25, -0.2) is 5.06 Å². The first-order valence-corrected chi connectivity index (χ1v) is 7.68. The molecule has 0 fully saturated rings. The largest absolute Gasteiger partial charge is 0.289 e. The topological polar surface area (TPSA) is 40.5 Å². The summed E-state index contributed by atoms with van der Waals surface area (Å²) in [7, 11) is 0. The lowest BCUT2D eigenvalue weighted by Gasteiger charge is -2.18. The first-order chi connectivity index (χ1) is 11.1. The fraction of sp³-hybridized carbons (Fsp3) is 0.150. The van der Waals surface area contributed by atoms with Crippen molar-refractivity contribution in [2.75, 3.05) is 5.06 Å². The molecule has 0 saturated heterocycles. The fourth-order valence-electron chi connectivity index (χ4n) is 2.62. The lowest BCUT2D eigenvalue weighted by Crippen LogP contribution is -2.14. The molecule has 116 valence electrons. The van der Waals surface area contributed by atoms with Crippen molar-refractivity contribution in [3.8, 4) is 0 Å². The molecule has 3 nitrogen and oxygen atoms in total. The van der Waals surface area contributed by atoms with E-state index < -0.39 is 0 Å². The van der Waals surface area contributed by atoms with Gasteiger partial charge in [-0.15, -0.1) is 0 Å². The summed E-state index contributed by atoms with van der Waals surface area (Å²) >= 11 is 0. The summed E-state index contributed by atoms with van der Waals surface area (Å²) in [6.07, 6.45) is 4.81. The van der Waals surface area contributed by atoms with Crippen LogP contribution in [0.15, 0.2) is 60.8 Å². The number of carbonyl (C=O) groups is 1. The number of nitrogens with zero attached hydrogens (tertiary/aromatic N) is 1. The number of fused-ring (bicyclic) bond motifs is 1. The molecule has 0 saturated carbocycles. The molecule has 0 radical (unpaired) electrons. The highest BCUT2D eigenvalue weighted by Gasteiger charge is 2.18. The van der Waals surface area contributed by atoms with E-state index in [0.717, 1.165) is 16.2 Å². The third-order valence-electron chi connectivity index (χ3n) is 4.01. The van der Waals surface area contributed by atoms with Crippen LogP contribution in [0.3, 0.4) is 0 Å². The molecule has 0 bridgehead atoms. The van der Waals surface area contributed by atoms with E-state index in [1.54, 1.807) is 6.08 Å². The molecule has 0 amide bonds. The van der Waals surface area contributed by atoms with Gasteiger partial charge in [-0.1, -0.05) is 56.3 Å². The predicted molar refractivity (Wildman–Crippen MR) is 93.3 cm³/mol. The molecule has 0 spiro atoms. The SMILES string of the molecule is CC(C)c1ccc(N(O)/C=C2\C(=O)C=Cc3ccccc32)cc1. The monoisotopic (exact) mass is 305 g/mol. The molecular formula is C20H19NO2. The zero-order valence-electron chi connectivity index (χ0n) is 13.2. The zero-order valence-corrected chi connectivity index (χ0v) is 13.2. The molecule has 1 aliphatic carbocycles. The highest BCUT2D eigenvalue weighted by Crippen LogP contribution is 2.28. The first kappa shape index (κ1) is 15.3. The average molecular weight is 305 g/mol. The molecule has 0 atom stereocenters. The van der Waals surface area contributed by atoms with Crippen LogP contribution in [-0.2, 0) is 4.79 Å². The third kappa shape index (κ3) is 3.10. The van der Waals surface area contributed by atoms with Crippen LogP contribution in [-0.4, -0.2) is 11.0 Å². The maximum Gasteiger partial charge on any atom is 0.188 e. The summed E-state index contributed by atoms with van der Waals surface area (Å²) in [5, 5.41) is 11.3. The molecule has 1 aliphatic rings. The first-order valence-electron chi connectivity index (χ1n) is 7.68. The van der Waals surface area contributed by atoms with Crippen LogP contribution in [0.4, 0.5) is 5.69 Å². The van der Waals surface area contributed by atoms with Crippen molar-refractivity contribution in [3.05, 3.63) is 77.5 Å². The molecule has 3 rings (SSSR count). The van der Waals surface area contributed by atoms with E-state index in [0.29, 0.717) is 17.2 Å². The second-order valence-electron chi connectivity index (χ2n) is 5.92. The van der Waals surface area contributed by atoms with Gasteiger partial charge in [0.15, 0.2) is 5.78 Å². The predicted octanol–water partition coefficient (Wildman–Crippen LogP) is 4.64. The van der Waals surface area contributed by atoms with E-state index in [9.17, 15) is 10.0 Å². The average Bonchev–Trinajstić information content (AvgIpc) is 2.57. The van der Waals surface area contributed by atoms with Gasteiger partial charge in [-0.3, -0.25) is 10.0 Å². The molecule has 2 aromatic carbocycles. The number of rotatable bonds is 3. The number of ketones is 1. The summed E-state index contributed by atoms with van der Waals surface area (Å²) in [4.78, 5) is 12.2. The number of carbonyl (C=O) groups excluding carboxylic acids is 1. The molecule has 1 N–H and O–H groups in total. The van der Waals surface area contributed by atoms with E-state index in [2.05, 4.69) is 13.8 Å². The number of allylic oxidation sites excluding steroid dienone is 2. The second-order valence-corrected chi connectivity index (χ2v) is 5.92. The van der Waals surface area contributed by atoms with Crippen molar-refractivity contribution >= 4 is 23.1 Å². The minimum Gasteiger partial charge on any atom is -0.289 e. The second kappa shape index (κ2) is 6.23. The highest BCUT2D eigenvalue weighted by atomic mass is 16.5. The van der Waals surface area contributed by atoms with E-state index >= 15 is 0 Å². The van der Waals surface area contributed by atoms with Crippen LogP contribution >= 0.6 is 0 Å². The van der Waals surface area contributed by atoms with Crippen LogP contribution in [0, 0.1) is 0 Å². The Morgan fingerprint density at radius 1 is 1.00 bits per heavy atom. The van der Waals surface area contributed by atoms with Crippen molar-refractivity contribution in [2.24, 2.45) is 0 Å². The van der Waals surface area contributed by atoms with E-state index in [1.807, 2.05) is 48.5 Å². The number of anilines is 1. The Morgan fingerprint density at radius 3 is 2.39 bits per heavy atom. The van der Waals surface area contributed by atoms with Crippen molar-refractivity contribution in [2.45, 2.75) is 19.8 Å². The van der Waals surface area contributed by atoms with Crippen molar-refractivity contribution in [3.63, 3.8) is 0 Å². The maximum absolute atomic E-state index is 12.2. The van der Waals surface area contributed by atoms with E-state index in [-0.39, 0.29) is 5.78 Å². The van der Waals surface area contributed by atoms with Gasteiger partial charge in [0.05, 0.1) is 5.69 Å². The quantitative estimate of drug-likeness (QED) is 0.663. The van der Waals surface area contributed by atoms with Crippen molar-refractivity contribution in [1.82, 2.24) is 0 Å². The number of hydroxylamine groups is 1. The van der Waals surface area contributed by atoms with Gasteiger partial charge in [-0.05, 0) is 40.8 Å². The molecular weight excluding hydrogens is 286 g/mol. The standard InChI is InChI=1S/C20H19NO2/c1-14(2)15-7-10-17(11-8-15)21(23)13-19-18-6-4-3-5-16(18)9-12-20(19)22/h3-14,23H,1-2H3/b19-13-. The molecule has 23 heavy (non-hydrogen) atoms. The van der Waals surface area contributed by atoms with Crippen LogP contribution < -0.4 is 5.06 Å². The lowest BCUT2D eigenvalue weighted by molar-refractivity contribution is -0.109. The normalized spacial score (nSPS) is 15.1. The van der Waals surface area contributed by atoms with Crippen LogP contribution in [0.25, 0.3) is 11.6 Å². The number of benzene rings is 2. The van der Waals surface area contributed by atoms with Gasteiger partial charge in [0, 0.05) is 11.8 Å². The van der Waals surface area contributed by atoms with Crippen LogP contribution in [0.1, 0.15) is 36.5 Å². The van der Waals surface area contributed by atoms with Gasteiger partial charge in [-0.2, -0.15) is 0 Å². The molecule has 0 aromatic heterocycles. The summed E-state index contributed by atoms with van der Waals surface area (Å²) in [5.41, 5.74) is 4.12. The molecule has 3 heteroatoms. The lowest BCUT2D eigenvalue weighted by atomic mass is 9.92. The number of hydrogen-bond acceptors (Lipinski definition) is 3. The Bertz CT molecular complexity index is 786. The smallest absolute Gasteiger partial charge is 0.188 e. The Morgan fingerprint density at radius 2 is 1.70 bits per heavy atom. The Labute approximate surface area is 136 Å². The fourth-order valence-corrected chi connectivity index (χ4v) is 2.62. The van der Waals surface area contributed by atoms with Gasteiger partial charge >= 0.3 is 0 Å². The Hall–Kier alpha value is -2.65. The van der Waals surface area contributed by atoms with E-state index in [4.69, 9.17) is 0 Å². The van der Waals surface area contributed by atoms with Crippen molar-refractivity contribution < 1.29 is 10.0 Å². The molecule has 2 aromatic rings. The molecule has 0 unspecified atom stereocenters. The zero-order chi connectivity index (χ0) is 16.4. The highest BCUT2D eigenvalue weighted by molar-refractivity contribution is 6.30. The summed E-state index contributed by atoms with van der Waals surface area (Å²) in [6, 6.07) is 15.3. The van der Waals surface area contributed by atoms with Gasteiger partial charge < -0.3 is 0 Å². The van der Waals surface area contributed by atoms with Crippen LogP contribution in [0.2, 0.25) is 0 Å². The third-order valence-corrected chi connectivity index (χ3v) is 4.01. The number of hydrogen-bond donors (Lipinski definition) is 1. The summed E-state index contributed by atoms with van der Waals surface area (Å²) in [5.74, 6) is 0.327. The minimum atomic E-state index is -0.110. The summed E-state index contributed by atoms with van der Waals surface area (Å²) < 4.78 is 0. The van der Waals surface area contributed by atoms with Gasteiger partial charge in [0.2, 0.25) is 0 Å². The van der Waals surface area contributed by atoms with Gasteiger partial charge in [0.25, 0.3) is 0 Å².